The highest BCUT2D eigenvalue weighted by atomic mass is 19.4. The van der Waals surface area contributed by atoms with Gasteiger partial charge in [-0.2, -0.15) is 31.1 Å². The maximum Gasteiger partial charge on any atom is 0.416 e. The van der Waals surface area contributed by atoms with Gasteiger partial charge in [0.1, 0.15) is 5.60 Å². The molecular weight excluding hydrogens is 674 g/mol. The van der Waals surface area contributed by atoms with E-state index in [1.165, 1.54) is 9.80 Å². The number of hydrogen-bond donors (Lipinski definition) is 1. The number of carbonyl (C=O) groups excluding carboxylic acids is 2. The first-order chi connectivity index (χ1) is 23.2. The molecular formula is C32H40F6N8O4. The molecule has 0 saturated heterocycles. The number of halogens is 6. The Labute approximate surface area is 285 Å². The van der Waals surface area contributed by atoms with E-state index in [1.807, 2.05) is 6.92 Å². The molecule has 2 aromatic heterocycles. The lowest BCUT2D eigenvalue weighted by atomic mass is 9.91. The zero-order chi connectivity index (χ0) is 37.2. The number of rotatable bonds is 9. The molecule has 2 amide bonds. The minimum Gasteiger partial charge on any atom is -0.446 e. The van der Waals surface area contributed by atoms with Gasteiger partial charge in [0, 0.05) is 24.8 Å². The van der Waals surface area contributed by atoms with Crippen molar-refractivity contribution in [3.8, 4) is 0 Å². The third kappa shape index (κ3) is 9.53. The third-order valence-corrected chi connectivity index (χ3v) is 7.54. The first-order valence-electron chi connectivity index (χ1n) is 15.9. The van der Waals surface area contributed by atoms with Crippen molar-refractivity contribution < 1.29 is 45.4 Å². The Morgan fingerprint density at radius 1 is 1.04 bits per heavy atom. The van der Waals surface area contributed by atoms with Crippen molar-refractivity contribution in [1.29, 1.82) is 0 Å². The van der Waals surface area contributed by atoms with E-state index in [4.69, 9.17) is 9.47 Å². The number of pyridine rings is 1. The molecule has 0 saturated carbocycles. The number of carbonyl (C=O) groups is 2. The fraction of sp³-hybridized carbons (Fsp3) is 0.562. The quantitative estimate of drug-likeness (QED) is 0.229. The summed E-state index contributed by atoms with van der Waals surface area (Å²) in [5, 5.41) is 15.1. The second-order valence-corrected chi connectivity index (χ2v) is 13.1. The average Bonchev–Trinajstić information content (AvgIpc) is 3.45. The average molecular weight is 715 g/mol. The number of alkyl carbamates (subject to hydrolysis) is 1. The van der Waals surface area contributed by atoms with E-state index < -0.39 is 66.0 Å². The van der Waals surface area contributed by atoms with Crippen LogP contribution >= 0.6 is 0 Å². The number of nitrogens with zero attached hydrogens (tertiary/aromatic N) is 7. The lowest BCUT2D eigenvalue weighted by molar-refractivity contribution is -0.143. The first-order valence-corrected chi connectivity index (χ1v) is 15.9. The van der Waals surface area contributed by atoms with Crippen LogP contribution in [0.4, 0.5) is 47.6 Å². The SMILES string of the molecule is CCC1CC(N(Cc2cc(C(F)(F)F)cc(C(F)(F)F)c2)c2nnn(CCNC(=O)OC(C)(C)C)n2)c2nc(C)ccc2N1C(=O)OC(C)C. The van der Waals surface area contributed by atoms with E-state index in [-0.39, 0.29) is 37.1 Å². The Balaban J connectivity index is 1.80. The van der Waals surface area contributed by atoms with Crippen LogP contribution in [0.2, 0.25) is 0 Å². The number of fused-ring (bicyclic) bond motifs is 1. The molecule has 0 spiro atoms. The van der Waals surface area contributed by atoms with Crippen molar-refractivity contribution in [2.24, 2.45) is 0 Å². The molecule has 2 unspecified atom stereocenters. The van der Waals surface area contributed by atoms with Crippen molar-refractivity contribution in [3.63, 3.8) is 0 Å². The van der Waals surface area contributed by atoms with Gasteiger partial charge in [0.25, 0.3) is 5.95 Å². The van der Waals surface area contributed by atoms with Gasteiger partial charge in [0.15, 0.2) is 0 Å². The topological polar surface area (TPSA) is 128 Å². The van der Waals surface area contributed by atoms with Crippen LogP contribution < -0.4 is 15.1 Å². The highest BCUT2D eigenvalue weighted by Gasteiger charge is 2.42. The first kappa shape index (κ1) is 38.2. The molecule has 0 bridgehead atoms. The Morgan fingerprint density at radius 3 is 2.24 bits per heavy atom. The Hall–Kier alpha value is -4.64. The summed E-state index contributed by atoms with van der Waals surface area (Å²) < 4.78 is 93.8. The number of anilines is 2. The number of aromatic nitrogens is 5. The number of alkyl halides is 6. The van der Waals surface area contributed by atoms with E-state index in [2.05, 4.69) is 25.7 Å². The third-order valence-electron chi connectivity index (χ3n) is 7.54. The molecule has 0 radical (unpaired) electrons. The molecule has 3 aromatic rings. The number of ether oxygens (including phenoxy) is 2. The highest BCUT2D eigenvalue weighted by molar-refractivity contribution is 5.90. The molecule has 1 aliphatic rings. The summed E-state index contributed by atoms with van der Waals surface area (Å²) in [4.78, 5) is 34.1. The maximum atomic E-state index is 13.9. The van der Waals surface area contributed by atoms with Crippen LogP contribution in [0.15, 0.2) is 30.3 Å². The molecule has 3 heterocycles. The smallest absolute Gasteiger partial charge is 0.416 e. The summed E-state index contributed by atoms with van der Waals surface area (Å²) in [6.07, 6.45) is -11.3. The zero-order valence-electron chi connectivity index (χ0n) is 28.7. The number of hydrogen-bond acceptors (Lipinski definition) is 9. The highest BCUT2D eigenvalue weighted by Crippen LogP contribution is 2.43. The van der Waals surface area contributed by atoms with Crippen LogP contribution in [-0.2, 0) is 34.9 Å². The molecule has 18 heteroatoms. The van der Waals surface area contributed by atoms with Crippen molar-refractivity contribution in [2.75, 3.05) is 16.3 Å². The van der Waals surface area contributed by atoms with Crippen molar-refractivity contribution in [2.45, 2.75) is 111 Å². The normalized spacial score (nSPS) is 16.6. The minimum atomic E-state index is -5.07. The predicted octanol–water partition coefficient (Wildman–Crippen LogP) is 7.22. The Bertz CT molecular complexity index is 1640. The predicted molar refractivity (Wildman–Crippen MR) is 169 cm³/mol. The lowest BCUT2D eigenvalue weighted by Gasteiger charge is -2.43. The summed E-state index contributed by atoms with van der Waals surface area (Å²) in [5.74, 6) is -0.124. The monoisotopic (exact) mass is 714 g/mol. The fourth-order valence-corrected chi connectivity index (χ4v) is 5.46. The van der Waals surface area contributed by atoms with Crippen LogP contribution in [0.5, 0.6) is 0 Å². The van der Waals surface area contributed by atoms with Crippen molar-refractivity contribution >= 4 is 23.8 Å². The number of nitrogens with one attached hydrogen (secondary N) is 1. The van der Waals surface area contributed by atoms with E-state index in [0.29, 0.717) is 35.6 Å². The van der Waals surface area contributed by atoms with Gasteiger partial charge in [-0.25, -0.2) is 9.59 Å². The van der Waals surface area contributed by atoms with Gasteiger partial charge in [0.2, 0.25) is 0 Å². The summed E-state index contributed by atoms with van der Waals surface area (Å²) in [7, 11) is 0. The Kier molecular flexibility index (Phi) is 11.2. The number of aryl methyl sites for hydroxylation is 1. The molecule has 0 aliphatic carbocycles. The second-order valence-electron chi connectivity index (χ2n) is 13.1. The molecule has 274 valence electrons. The number of benzene rings is 1. The van der Waals surface area contributed by atoms with E-state index in [1.54, 1.807) is 53.7 Å². The van der Waals surface area contributed by atoms with Crippen molar-refractivity contribution in [3.05, 3.63) is 58.4 Å². The van der Waals surface area contributed by atoms with Gasteiger partial charge in [-0.15, -0.1) is 5.10 Å². The lowest BCUT2D eigenvalue weighted by Crippen LogP contribution is -2.48. The van der Waals surface area contributed by atoms with E-state index in [9.17, 15) is 35.9 Å². The van der Waals surface area contributed by atoms with Crippen LogP contribution in [0, 0.1) is 6.92 Å². The standard InChI is InChI=1S/C32H40F6N8O4/c1-8-23-16-25(26-24(10-9-19(4)40-26)46(23)29(48)49-18(2)3)44(17-20-13-21(31(33,34)35)15-22(14-20)32(36,37)38)27-41-43-45(42-27)12-11-39-28(47)50-30(5,6)7/h9-10,13-15,18,23,25H,8,11-12,16-17H2,1-7H3,(H,39,47). The molecule has 1 aromatic carbocycles. The molecule has 4 rings (SSSR count). The number of tetrazole rings is 1. The molecule has 2 atom stereocenters. The summed E-state index contributed by atoms with van der Waals surface area (Å²) in [5.41, 5.74) is -2.77. The van der Waals surface area contributed by atoms with Crippen LogP contribution in [0.1, 0.15) is 88.5 Å². The van der Waals surface area contributed by atoms with Crippen LogP contribution in [-0.4, -0.2) is 61.7 Å². The zero-order valence-corrected chi connectivity index (χ0v) is 28.7. The molecule has 1 aliphatic heterocycles. The minimum absolute atomic E-state index is 0.00683. The van der Waals surface area contributed by atoms with E-state index >= 15 is 0 Å². The molecule has 50 heavy (non-hydrogen) atoms. The van der Waals surface area contributed by atoms with Gasteiger partial charge in [0.05, 0.1) is 41.2 Å². The van der Waals surface area contributed by atoms with Gasteiger partial charge in [-0.1, -0.05) is 12.0 Å². The summed E-state index contributed by atoms with van der Waals surface area (Å²) >= 11 is 0. The number of amides is 2. The summed E-state index contributed by atoms with van der Waals surface area (Å²) in [6, 6.07) is 3.37. The Morgan fingerprint density at radius 2 is 1.68 bits per heavy atom. The fourth-order valence-electron chi connectivity index (χ4n) is 5.46. The van der Waals surface area contributed by atoms with Gasteiger partial charge >= 0.3 is 24.5 Å². The summed E-state index contributed by atoms with van der Waals surface area (Å²) in [6.45, 7) is 11.5. The molecule has 12 nitrogen and oxygen atoms in total. The molecule has 0 fully saturated rings. The van der Waals surface area contributed by atoms with Crippen molar-refractivity contribution in [1.82, 2.24) is 30.5 Å². The second kappa shape index (κ2) is 14.7. The van der Waals surface area contributed by atoms with Crippen LogP contribution in [0.3, 0.4) is 0 Å². The largest absolute Gasteiger partial charge is 0.446 e. The van der Waals surface area contributed by atoms with Gasteiger partial charge in [-0.05, 0) is 95.5 Å². The maximum absolute atomic E-state index is 13.9. The molecule has 1 N–H and O–H groups in total. The van der Waals surface area contributed by atoms with Crippen LogP contribution in [0.25, 0.3) is 0 Å². The van der Waals surface area contributed by atoms with Gasteiger partial charge in [-0.3, -0.25) is 9.88 Å². The van der Waals surface area contributed by atoms with Gasteiger partial charge < -0.3 is 19.7 Å². The van der Waals surface area contributed by atoms with E-state index in [0.717, 1.165) is 4.80 Å².